The van der Waals surface area contributed by atoms with Crippen LogP contribution in [0.25, 0.3) is 5.69 Å². The molecule has 0 bridgehead atoms. The lowest BCUT2D eigenvalue weighted by Crippen LogP contribution is -2.49. The van der Waals surface area contributed by atoms with E-state index in [4.69, 9.17) is 0 Å². The molecule has 5 heteroatoms. The minimum Gasteiger partial charge on any atom is -0.337 e. The van der Waals surface area contributed by atoms with Crippen molar-refractivity contribution in [3.05, 3.63) is 84.2 Å². The van der Waals surface area contributed by atoms with Gasteiger partial charge in [0.25, 0.3) is 5.91 Å². The van der Waals surface area contributed by atoms with Crippen molar-refractivity contribution in [3.63, 3.8) is 0 Å². The largest absolute Gasteiger partial charge is 0.337 e. The number of carbonyl (C=O) groups is 1. The lowest BCUT2D eigenvalue weighted by atomic mass is 10.0. The van der Waals surface area contributed by atoms with Crippen LogP contribution in [0.15, 0.2) is 73.1 Å². The first-order chi connectivity index (χ1) is 14.2. The summed E-state index contributed by atoms with van der Waals surface area (Å²) in [5, 5.41) is 4.26. The second kappa shape index (κ2) is 9.05. The molecule has 1 aliphatic heterocycles. The standard InChI is InChI=1S/C24H28N4O/c1-26(24(29)21-10-5-11-22(18-21)28-16-7-14-25-28)23-12-6-15-27(19-23)17-13-20-8-3-2-4-9-20/h2-5,7-11,14,16,18,23H,6,12-13,15,17,19H2,1H3. The van der Waals surface area contributed by atoms with Gasteiger partial charge in [-0.15, -0.1) is 0 Å². The van der Waals surface area contributed by atoms with E-state index in [1.165, 1.54) is 5.56 Å². The van der Waals surface area contributed by atoms with Crippen molar-refractivity contribution in [3.8, 4) is 5.69 Å². The minimum absolute atomic E-state index is 0.0777. The van der Waals surface area contributed by atoms with Crippen LogP contribution in [0.1, 0.15) is 28.8 Å². The van der Waals surface area contributed by atoms with Crippen molar-refractivity contribution >= 4 is 5.91 Å². The second-order valence-electron chi connectivity index (χ2n) is 7.75. The Kier molecular flexibility index (Phi) is 6.06. The molecule has 0 radical (unpaired) electrons. The van der Waals surface area contributed by atoms with E-state index in [0.717, 1.165) is 44.6 Å². The van der Waals surface area contributed by atoms with Crippen molar-refractivity contribution in [2.45, 2.75) is 25.3 Å². The molecule has 1 saturated heterocycles. The molecule has 4 rings (SSSR count). The van der Waals surface area contributed by atoms with E-state index in [-0.39, 0.29) is 11.9 Å². The number of amides is 1. The zero-order chi connectivity index (χ0) is 20.1. The summed E-state index contributed by atoms with van der Waals surface area (Å²) >= 11 is 0. The SMILES string of the molecule is CN(C(=O)c1cccc(-n2cccn2)c1)C1CCCN(CCc2ccccc2)C1. The maximum absolute atomic E-state index is 13.1. The lowest BCUT2D eigenvalue weighted by molar-refractivity contribution is 0.0619. The molecule has 2 aromatic carbocycles. The molecule has 1 fully saturated rings. The number of likely N-dealkylation sites (tertiary alicyclic amines) is 1. The number of carbonyl (C=O) groups excluding carboxylic acids is 1. The summed E-state index contributed by atoms with van der Waals surface area (Å²) in [7, 11) is 1.94. The maximum atomic E-state index is 13.1. The van der Waals surface area contributed by atoms with Gasteiger partial charge in [0.05, 0.1) is 5.69 Å². The van der Waals surface area contributed by atoms with Gasteiger partial charge in [0.1, 0.15) is 0 Å². The number of nitrogens with zero attached hydrogens (tertiary/aromatic N) is 4. The van der Waals surface area contributed by atoms with Crippen LogP contribution in [0.3, 0.4) is 0 Å². The van der Waals surface area contributed by atoms with Gasteiger partial charge in [0.2, 0.25) is 0 Å². The molecule has 0 aliphatic carbocycles. The van der Waals surface area contributed by atoms with E-state index in [2.05, 4.69) is 40.3 Å². The third-order valence-electron chi connectivity index (χ3n) is 5.77. The van der Waals surface area contributed by atoms with Gasteiger partial charge in [0, 0.05) is 44.1 Å². The Hall–Kier alpha value is -2.92. The molecule has 1 amide bonds. The average Bonchev–Trinajstić information content (AvgIpc) is 3.33. The zero-order valence-corrected chi connectivity index (χ0v) is 16.9. The maximum Gasteiger partial charge on any atom is 0.253 e. The quantitative estimate of drug-likeness (QED) is 0.647. The average molecular weight is 389 g/mol. The zero-order valence-electron chi connectivity index (χ0n) is 16.9. The molecule has 1 aliphatic rings. The van der Waals surface area contributed by atoms with E-state index in [0.29, 0.717) is 5.56 Å². The molecule has 150 valence electrons. The summed E-state index contributed by atoms with van der Waals surface area (Å²) in [5.41, 5.74) is 2.98. The monoisotopic (exact) mass is 388 g/mol. The molecule has 2 heterocycles. The van der Waals surface area contributed by atoms with Gasteiger partial charge in [-0.05, 0) is 55.6 Å². The Morgan fingerprint density at radius 1 is 1.14 bits per heavy atom. The number of piperidine rings is 1. The summed E-state index contributed by atoms with van der Waals surface area (Å²) in [6.07, 6.45) is 6.87. The predicted molar refractivity (Wildman–Crippen MR) is 115 cm³/mol. The van der Waals surface area contributed by atoms with E-state index >= 15 is 0 Å². The number of hydrogen-bond acceptors (Lipinski definition) is 3. The first-order valence-electron chi connectivity index (χ1n) is 10.3. The van der Waals surface area contributed by atoms with E-state index in [1.54, 1.807) is 10.9 Å². The Balaban J connectivity index is 1.39. The van der Waals surface area contributed by atoms with Crippen molar-refractivity contribution in [1.29, 1.82) is 0 Å². The molecule has 1 unspecified atom stereocenters. The highest BCUT2D eigenvalue weighted by Crippen LogP contribution is 2.19. The Bertz CT molecular complexity index is 923. The fourth-order valence-electron chi connectivity index (χ4n) is 4.05. The van der Waals surface area contributed by atoms with Crippen molar-refractivity contribution in [2.24, 2.45) is 0 Å². The molecule has 5 nitrogen and oxygen atoms in total. The smallest absolute Gasteiger partial charge is 0.253 e. The molecular formula is C24H28N4O. The number of rotatable bonds is 6. The number of aromatic nitrogens is 2. The van der Waals surface area contributed by atoms with Gasteiger partial charge < -0.3 is 9.80 Å². The van der Waals surface area contributed by atoms with Crippen LogP contribution in [0.4, 0.5) is 0 Å². The molecule has 29 heavy (non-hydrogen) atoms. The molecule has 0 N–H and O–H groups in total. The number of likely N-dealkylation sites (N-methyl/N-ethyl adjacent to an activating group) is 1. The van der Waals surface area contributed by atoms with Gasteiger partial charge >= 0.3 is 0 Å². The predicted octanol–water partition coefficient (Wildman–Crippen LogP) is 3.65. The first-order valence-corrected chi connectivity index (χ1v) is 10.3. The summed E-state index contributed by atoms with van der Waals surface area (Å²) < 4.78 is 1.78. The van der Waals surface area contributed by atoms with Gasteiger partial charge in [0.15, 0.2) is 0 Å². The second-order valence-corrected chi connectivity index (χ2v) is 7.75. The Morgan fingerprint density at radius 2 is 2.00 bits per heavy atom. The number of hydrogen-bond donors (Lipinski definition) is 0. The van der Waals surface area contributed by atoms with Gasteiger partial charge in [-0.3, -0.25) is 4.79 Å². The summed E-state index contributed by atoms with van der Waals surface area (Å²) in [4.78, 5) is 17.5. The fourth-order valence-corrected chi connectivity index (χ4v) is 4.05. The first kappa shape index (κ1) is 19.4. The van der Waals surface area contributed by atoms with Crippen LogP contribution < -0.4 is 0 Å². The Labute approximate surface area is 172 Å². The van der Waals surface area contributed by atoms with Crippen molar-refractivity contribution < 1.29 is 4.79 Å². The van der Waals surface area contributed by atoms with Crippen LogP contribution in [0.2, 0.25) is 0 Å². The molecule has 3 aromatic rings. The van der Waals surface area contributed by atoms with Crippen LogP contribution in [0.5, 0.6) is 0 Å². The summed E-state index contributed by atoms with van der Waals surface area (Å²) in [6, 6.07) is 20.4. The highest BCUT2D eigenvalue weighted by molar-refractivity contribution is 5.94. The van der Waals surface area contributed by atoms with Crippen LogP contribution in [0, 0.1) is 0 Å². The topological polar surface area (TPSA) is 41.4 Å². The highest BCUT2D eigenvalue weighted by Gasteiger charge is 2.26. The van der Waals surface area contributed by atoms with Crippen LogP contribution in [-0.2, 0) is 6.42 Å². The normalized spacial score (nSPS) is 17.2. The lowest BCUT2D eigenvalue weighted by Gasteiger charge is -2.37. The summed E-state index contributed by atoms with van der Waals surface area (Å²) in [6.45, 7) is 3.09. The minimum atomic E-state index is 0.0777. The van der Waals surface area contributed by atoms with Crippen molar-refractivity contribution in [1.82, 2.24) is 19.6 Å². The third-order valence-corrected chi connectivity index (χ3v) is 5.77. The van der Waals surface area contributed by atoms with Crippen molar-refractivity contribution in [2.75, 3.05) is 26.7 Å². The van der Waals surface area contributed by atoms with Gasteiger partial charge in [-0.1, -0.05) is 36.4 Å². The third kappa shape index (κ3) is 4.74. The van der Waals surface area contributed by atoms with E-state index < -0.39 is 0 Å². The molecule has 1 aromatic heterocycles. The van der Waals surface area contributed by atoms with E-state index in [9.17, 15) is 4.79 Å². The van der Waals surface area contributed by atoms with Gasteiger partial charge in [-0.25, -0.2) is 4.68 Å². The molecular weight excluding hydrogens is 360 g/mol. The highest BCUT2D eigenvalue weighted by atomic mass is 16.2. The molecule has 0 saturated carbocycles. The van der Waals surface area contributed by atoms with E-state index in [1.807, 2.05) is 48.5 Å². The van der Waals surface area contributed by atoms with Crippen LogP contribution in [-0.4, -0.2) is 58.2 Å². The van der Waals surface area contributed by atoms with Gasteiger partial charge in [-0.2, -0.15) is 5.10 Å². The number of benzene rings is 2. The fraction of sp³-hybridized carbons (Fsp3) is 0.333. The van der Waals surface area contributed by atoms with Crippen LogP contribution >= 0.6 is 0 Å². The molecule has 0 spiro atoms. The molecule has 1 atom stereocenters. The summed E-state index contributed by atoms with van der Waals surface area (Å²) in [5.74, 6) is 0.0777. The Morgan fingerprint density at radius 3 is 2.79 bits per heavy atom.